The van der Waals surface area contributed by atoms with Crippen molar-refractivity contribution in [3.8, 4) is 11.5 Å². The number of carbonyl (C=O) groups is 1. The van der Waals surface area contributed by atoms with E-state index in [-0.39, 0.29) is 12.2 Å². The van der Waals surface area contributed by atoms with Crippen molar-refractivity contribution >= 4 is 5.97 Å². The molecule has 0 aromatic heterocycles. The fourth-order valence-corrected chi connectivity index (χ4v) is 1.67. The zero-order valence-corrected chi connectivity index (χ0v) is 10.7. The number of hydrogen-bond acceptors (Lipinski definition) is 4. The van der Waals surface area contributed by atoms with Gasteiger partial charge in [0.25, 0.3) is 0 Å². The first-order valence-corrected chi connectivity index (χ1v) is 5.79. The summed E-state index contributed by atoms with van der Waals surface area (Å²) in [7, 11) is 3.44. The van der Waals surface area contributed by atoms with E-state index in [1.807, 2.05) is 18.0 Å². The van der Waals surface area contributed by atoms with Gasteiger partial charge in [-0.3, -0.25) is 4.79 Å². The van der Waals surface area contributed by atoms with E-state index >= 15 is 0 Å². The fraction of sp³-hybridized carbons (Fsp3) is 0.462. The number of carboxylic acid groups (broad SMARTS) is 1. The Morgan fingerprint density at radius 2 is 2.17 bits per heavy atom. The van der Waals surface area contributed by atoms with E-state index in [9.17, 15) is 9.90 Å². The monoisotopic (exact) mass is 253 g/mol. The summed E-state index contributed by atoms with van der Waals surface area (Å²) < 4.78 is 5.01. The van der Waals surface area contributed by atoms with Crippen molar-refractivity contribution in [1.82, 2.24) is 4.90 Å². The van der Waals surface area contributed by atoms with Crippen LogP contribution in [0.1, 0.15) is 18.4 Å². The molecule has 1 aromatic rings. The van der Waals surface area contributed by atoms with Crippen LogP contribution in [0.5, 0.6) is 11.5 Å². The minimum absolute atomic E-state index is 0.166. The van der Waals surface area contributed by atoms with Gasteiger partial charge in [0, 0.05) is 24.6 Å². The maximum atomic E-state index is 10.4. The standard InChI is InChI=1S/C13H19NO4/c1-14(7-3-4-13(16)17)9-10-5-6-11(18-2)8-12(10)15/h5-6,8,15H,3-4,7,9H2,1-2H3,(H,16,17). The van der Waals surface area contributed by atoms with Gasteiger partial charge in [0.15, 0.2) is 0 Å². The van der Waals surface area contributed by atoms with Crippen LogP contribution in [0.4, 0.5) is 0 Å². The maximum absolute atomic E-state index is 10.4. The molecule has 0 bridgehead atoms. The summed E-state index contributed by atoms with van der Waals surface area (Å²) in [5.74, 6) is 0.0277. The molecule has 1 aromatic carbocycles. The lowest BCUT2D eigenvalue weighted by molar-refractivity contribution is -0.137. The molecule has 0 saturated heterocycles. The molecule has 100 valence electrons. The second kappa shape index (κ2) is 6.86. The van der Waals surface area contributed by atoms with Gasteiger partial charge in [0.1, 0.15) is 11.5 Å². The van der Waals surface area contributed by atoms with E-state index in [2.05, 4.69) is 0 Å². The molecule has 0 saturated carbocycles. The average Bonchev–Trinajstić information content (AvgIpc) is 2.31. The lowest BCUT2D eigenvalue weighted by atomic mass is 10.1. The number of benzene rings is 1. The Hall–Kier alpha value is -1.75. The molecule has 18 heavy (non-hydrogen) atoms. The van der Waals surface area contributed by atoms with E-state index < -0.39 is 5.97 Å². The number of hydrogen-bond donors (Lipinski definition) is 2. The van der Waals surface area contributed by atoms with Crippen LogP contribution in [0.3, 0.4) is 0 Å². The normalized spacial score (nSPS) is 10.6. The van der Waals surface area contributed by atoms with Crippen molar-refractivity contribution < 1.29 is 19.7 Å². The minimum atomic E-state index is -0.782. The number of methoxy groups -OCH3 is 1. The van der Waals surface area contributed by atoms with E-state index in [4.69, 9.17) is 9.84 Å². The zero-order chi connectivity index (χ0) is 13.5. The van der Waals surface area contributed by atoms with Gasteiger partial charge >= 0.3 is 5.97 Å². The van der Waals surface area contributed by atoms with Crippen LogP contribution in [0.25, 0.3) is 0 Å². The third-order valence-electron chi connectivity index (χ3n) is 2.66. The van der Waals surface area contributed by atoms with Crippen molar-refractivity contribution in [3.05, 3.63) is 23.8 Å². The highest BCUT2D eigenvalue weighted by Crippen LogP contribution is 2.24. The van der Waals surface area contributed by atoms with Crippen LogP contribution >= 0.6 is 0 Å². The molecule has 0 aliphatic rings. The molecule has 0 radical (unpaired) electrons. The Kier molecular flexibility index (Phi) is 5.45. The van der Waals surface area contributed by atoms with Gasteiger partial charge in [-0.2, -0.15) is 0 Å². The molecule has 0 aliphatic carbocycles. The third-order valence-corrected chi connectivity index (χ3v) is 2.66. The summed E-state index contributed by atoms with van der Waals surface area (Å²) in [4.78, 5) is 12.4. The van der Waals surface area contributed by atoms with Gasteiger partial charge in [-0.05, 0) is 26.1 Å². The Balaban J connectivity index is 2.48. The summed E-state index contributed by atoms with van der Waals surface area (Å²) >= 11 is 0. The number of carboxylic acids is 1. The first kappa shape index (κ1) is 14.3. The first-order valence-electron chi connectivity index (χ1n) is 5.79. The van der Waals surface area contributed by atoms with Gasteiger partial charge in [-0.1, -0.05) is 6.07 Å². The van der Waals surface area contributed by atoms with Crippen molar-refractivity contribution in [3.63, 3.8) is 0 Å². The number of rotatable bonds is 7. The number of aromatic hydroxyl groups is 1. The lowest BCUT2D eigenvalue weighted by Gasteiger charge is -2.17. The van der Waals surface area contributed by atoms with Gasteiger partial charge in [-0.15, -0.1) is 0 Å². The lowest BCUT2D eigenvalue weighted by Crippen LogP contribution is -2.19. The van der Waals surface area contributed by atoms with Crippen molar-refractivity contribution in [1.29, 1.82) is 0 Å². The van der Waals surface area contributed by atoms with Gasteiger partial charge in [-0.25, -0.2) is 0 Å². The van der Waals surface area contributed by atoms with Crippen molar-refractivity contribution in [2.24, 2.45) is 0 Å². The summed E-state index contributed by atoms with van der Waals surface area (Å²) in [6, 6.07) is 5.17. The molecule has 0 heterocycles. The summed E-state index contributed by atoms with van der Waals surface area (Å²) in [5.41, 5.74) is 0.800. The smallest absolute Gasteiger partial charge is 0.303 e. The summed E-state index contributed by atoms with van der Waals surface area (Å²) in [6.45, 7) is 1.26. The number of ether oxygens (including phenoxy) is 1. The van der Waals surface area contributed by atoms with Crippen LogP contribution in [0, 0.1) is 0 Å². The molecule has 1 rings (SSSR count). The predicted octanol–water partition coefficient (Wildman–Crippen LogP) is 1.70. The zero-order valence-electron chi connectivity index (χ0n) is 10.7. The van der Waals surface area contributed by atoms with Gasteiger partial charge < -0.3 is 19.8 Å². The minimum Gasteiger partial charge on any atom is -0.507 e. The molecular formula is C13H19NO4. The highest BCUT2D eigenvalue weighted by molar-refractivity contribution is 5.66. The molecule has 2 N–H and O–H groups in total. The topological polar surface area (TPSA) is 70.0 Å². The predicted molar refractivity (Wildman–Crippen MR) is 67.9 cm³/mol. The van der Waals surface area contributed by atoms with Crippen LogP contribution < -0.4 is 4.74 Å². The Bertz CT molecular complexity index is 406. The highest BCUT2D eigenvalue weighted by atomic mass is 16.5. The number of aliphatic carboxylic acids is 1. The highest BCUT2D eigenvalue weighted by Gasteiger charge is 2.07. The molecule has 0 unspecified atom stereocenters. The Labute approximate surface area is 107 Å². The first-order chi connectivity index (χ1) is 8.52. The molecule has 0 spiro atoms. The molecule has 5 heteroatoms. The van der Waals surface area contributed by atoms with Gasteiger partial charge in [0.05, 0.1) is 7.11 Å². The van der Waals surface area contributed by atoms with Crippen LogP contribution in [-0.2, 0) is 11.3 Å². The van der Waals surface area contributed by atoms with E-state index in [1.54, 1.807) is 19.2 Å². The van der Waals surface area contributed by atoms with Crippen molar-refractivity contribution in [2.75, 3.05) is 20.7 Å². The van der Waals surface area contributed by atoms with Gasteiger partial charge in [0.2, 0.25) is 0 Å². The quantitative estimate of drug-likeness (QED) is 0.774. The second-order valence-corrected chi connectivity index (χ2v) is 4.23. The van der Waals surface area contributed by atoms with Crippen LogP contribution in [0.15, 0.2) is 18.2 Å². The maximum Gasteiger partial charge on any atom is 0.303 e. The Morgan fingerprint density at radius 3 is 2.72 bits per heavy atom. The van der Waals surface area contributed by atoms with Crippen LogP contribution in [0.2, 0.25) is 0 Å². The van der Waals surface area contributed by atoms with Crippen LogP contribution in [-0.4, -0.2) is 41.8 Å². The third kappa shape index (κ3) is 4.63. The molecule has 0 aliphatic heterocycles. The molecular weight excluding hydrogens is 234 g/mol. The Morgan fingerprint density at radius 1 is 1.44 bits per heavy atom. The summed E-state index contributed by atoms with van der Waals surface area (Å²) in [6.07, 6.45) is 0.766. The average molecular weight is 253 g/mol. The fourth-order valence-electron chi connectivity index (χ4n) is 1.67. The van der Waals surface area contributed by atoms with E-state index in [1.165, 1.54) is 0 Å². The van der Waals surface area contributed by atoms with Crippen molar-refractivity contribution in [2.45, 2.75) is 19.4 Å². The van der Waals surface area contributed by atoms with E-state index in [0.717, 1.165) is 5.56 Å². The largest absolute Gasteiger partial charge is 0.507 e. The molecule has 0 fully saturated rings. The molecule has 5 nitrogen and oxygen atoms in total. The molecule has 0 atom stereocenters. The number of phenols is 1. The SMILES string of the molecule is COc1ccc(CN(C)CCCC(=O)O)c(O)c1. The summed E-state index contributed by atoms with van der Waals surface area (Å²) in [5, 5.41) is 18.3. The molecule has 0 amide bonds. The van der Waals surface area contributed by atoms with E-state index in [0.29, 0.717) is 25.3 Å². The number of phenolic OH excluding ortho intramolecular Hbond substituents is 1. The second-order valence-electron chi connectivity index (χ2n) is 4.23. The number of nitrogens with zero attached hydrogens (tertiary/aromatic N) is 1.